The van der Waals surface area contributed by atoms with Gasteiger partial charge in [-0.05, 0) is 57.2 Å². The average Bonchev–Trinajstić information content (AvgIpc) is 2.48. The van der Waals surface area contributed by atoms with Crippen molar-refractivity contribution in [2.75, 3.05) is 10.6 Å². The Kier molecular flexibility index (Phi) is 5.13. The number of nitrogens with zero attached hydrogens (tertiary/aromatic N) is 2. The molecule has 2 amide bonds. The van der Waals surface area contributed by atoms with Gasteiger partial charge in [-0.25, -0.2) is 0 Å². The first-order chi connectivity index (χ1) is 11.2. The molecular weight excluding hydrogens is 306 g/mol. The quantitative estimate of drug-likeness (QED) is 0.802. The minimum atomic E-state index is -0.328. The molecule has 7 nitrogen and oxygen atoms in total. The van der Waals surface area contributed by atoms with Gasteiger partial charge in [0.25, 0.3) is 5.91 Å². The van der Waals surface area contributed by atoms with Crippen LogP contribution in [-0.4, -0.2) is 27.6 Å². The van der Waals surface area contributed by atoms with E-state index in [1.807, 2.05) is 32.9 Å². The van der Waals surface area contributed by atoms with Crippen molar-refractivity contribution >= 4 is 29.0 Å². The molecule has 2 aromatic rings. The van der Waals surface area contributed by atoms with E-state index in [4.69, 9.17) is 0 Å². The van der Waals surface area contributed by atoms with Crippen molar-refractivity contribution in [3.8, 4) is 0 Å². The zero-order chi connectivity index (χ0) is 17.7. The number of aromatic nitrogens is 2. The van der Waals surface area contributed by atoms with Gasteiger partial charge in [-0.1, -0.05) is 0 Å². The zero-order valence-corrected chi connectivity index (χ0v) is 14.2. The molecule has 0 fully saturated rings. The van der Waals surface area contributed by atoms with Gasteiger partial charge in [-0.2, -0.15) is 0 Å². The van der Waals surface area contributed by atoms with Gasteiger partial charge in [-0.15, -0.1) is 10.2 Å². The van der Waals surface area contributed by atoms with Crippen molar-refractivity contribution in [1.82, 2.24) is 15.5 Å². The third-order valence-corrected chi connectivity index (χ3v) is 2.86. The summed E-state index contributed by atoms with van der Waals surface area (Å²) in [5.41, 5.74) is 1.45. The lowest BCUT2D eigenvalue weighted by Crippen LogP contribution is -2.41. The molecule has 0 saturated carbocycles. The van der Waals surface area contributed by atoms with Gasteiger partial charge < -0.3 is 16.0 Å². The first-order valence-electron chi connectivity index (χ1n) is 7.54. The summed E-state index contributed by atoms with van der Waals surface area (Å²) in [6.45, 7) is 7.16. The highest BCUT2D eigenvalue weighted by atomic mass is 16.2. The van der Waals surface area contributed by atoms with Crippen LogP contribution in [-0.2, 0) is 4.79 Å². The maximum absolute atomic E-state index is 12.0. The lowest BCUT2D eigenvalue weighted by Gasteiger charge is -2.19. The van der Waals surface area contributed by atoms with Gasteiger partial charge in [-0.3, -0.25) is 9.59 Å². The van der Waals surface area contributed by atoms with Crippen molar-refractivity contribution in [3.05, 3.63) is 42.1 Å². The second-order valence-electron chi connectivity index (χ2n) is 6.39. The fraction of sp³-hybridized carbons (Fsp3) is 0.294. The summed E-state index contributed by atoms with van der Waals surface area (Å²) >= 11 is 0. The van der Waals surface area contributed by atoms with Gasteiger partial charge in [0.1, 0.15) is 0 Å². The summed E-state index contributed by atoms with van der Waals surface area (Å²) in [6, 6.07) is 10.5. The number of hydrogen-bond acceptors (Lipinski definition) is 5. The third kappa shape index (κ3) is 5.35. The van der Waals surface area contributed by atoms with E-state index in [2.05, 4.69) is 26.1 Å². The molecule has 0 aliphatic carbocycles. The molecule has 3 N–H and O–H groups in total. The summed E-state index contributed by atoms with van der Waals surface area (Å²) < 4.78 is 0. The Labute approximate surface area is 140 Å². The van der Waals surface area contributed by atoms with Crippen molar-refractivity contribution in [2.45, 2.75) is 33.2 Å². The molecule has 1 aromatic carbocycles. The summed E-state index contributed by atoms with van der Waals surface area (Å²) in [7, 11) is 0. The lowest BCUT2D eigenvalue weighted by atomic mass is 10.1. The number of benzene rings is 1. The molecule has 0 atom stereocenters. The summed E-state index contributed by atoms with van der Waals surface area (Å²) in [6.07, 6.45) is 0. The standard InChI is InChI=1S/C17H21N5O2/c1-11(23)18-12-5-7-13(8-6-12)19-15-10-9-14(21-22-15)16(24)20-17(2,3)4/h5-10H,1-4H3,(H,18,23)(H,19,22)(H,20,24). The van der Waals surface area contributed by atoms with Crippen LogP contribution in [0.2, 0.25) is 0 Å². The van der Waals surface area contributed by atoms with E-state index in [9.17, 15) is 9.59 Å². The zero-order valence-electron chi connectivity index (χ0n) is 14.2. The monoisotopic (exact) mass is 327 g/mol. The number of hydrogen-bond donors (Lipinski definition) is 3. The fourth-order valence-electron chi connectivity index (χ4n) is 1.91. The van der Waals surface area contributed by atoms with Gasteiger partial charge in [0.2, 0.25) is 5.91 Å². The first kappa shape index (κ1) is 17.4. The molecule has 0 aliphatic heterocycles. The Morgan fingerprint density at radius 2 is 1.54 bits per heavy atom. The predicted molar refractivity (Wildman–Crippen MR) is 93.3 cm³/mol. The summed E-state index contributed by atoms with van der Waals surface area (Å²) in [5, 5.41) is 16.5. The molecule has 1 heterocycles. The largest absolute Gasteiger partial charge is 0.346 e. The van der Waals surface area contributed by atoms with Crippen LogP contribution in [0.3, 0.4) is 0 Å². The Morgan fingerprint density at radius 3 is 2.04 bits per heavy atom. The predicted octanol–water partition coefficient (Wildman–Crippen LogP) is 2.71. The molecule has 0 saturated heterocycles. The minimum Gasteiger partial charge on any atom is -0.346 e. The van der Waals surface area contributed by atoms with Crippen LogP contribution in [0, 0.1) is 0 Å². The number of nitrogens with one attached hydrogen (secondary N) is 3. The smallest absolute Gasteiger partial charge is 0.272 e. The molecule has 2 rings (SSSR count). The Balaban J connectivity index is 2.01. The molecule has 0 spiro atoms. The second kappa shape index (κ2) is 7.08. The first-order valence-corrected chi connectivity index (χ1v) is 7.54. The van der Waals surface area contributed by atoms with Crippen LogP contribution < -0.4 is 16.0 Å². The molecule has 24 heavy (non-hydrogen) atoms. The molecule has 0 unspecified atom stereocenters. The maximum atomic E-state index is 12.0. The van der Waals surface area contributed by atoms with E-state index < -0.39 is 0 Å². The van der Waals surface area contributed by atoms with Gasteiger partial charge in [0.05, 0.1) is 0 Å². The van der Waals surface area contributed by atoms with Crippen LogP contribution >= 0.6 is 0 Å². The molecule has 7 heteroatoms. The minimum absolute atomic E-state index is 0.120. The van der Waals surface area contributed by atoms with Crippen molar-refractivity contribution < 1.29 is 9.59 Å². The topological polar surface area (TPSA) is 96.0 Å². The van der Waals surface area contributed by atoms with Crippen molar-refractivity contribution in [2.24, 2.45) is 0 Å². The number of carbonyl (C=O) groups is 2. The van der Waals surface area contributed by atoms with Crippen molar-refractivity contribution in [1.29, 1.82) is 0 Å². The van der Waals surface area contributed by atoms with Gasteiger partial charge >= 0.3 is 0 Å². The van der Waals surface area contributed by atoms with Crippen LogP contribution in [0.15, 0.2) is 36.4 Å². The van der Waals surface area contributed by atoms with Crippen LogP contribution in [0.1, 0.15) is 38.2 Å². The van der Waals surface area contributed by atoms with E-state index in [1.54, 1.807) is 24.3 Å². The van der Waals surface area contributed by atoms with Crippen LogP contribution in [0.25, 0.3) is 0 Å². The highest BCUT2D eigenvalue weighted by Gasteiger charge is 2.16. The fourth-order valence-corrected chi connectivity index (χ4v) is 1.91. The Hall–Kier alpha value is -2.96. The number of amides is 2. The highest BCUT2D eigenvalue weighted by molar-refractivity contribution is 5.92. The number of rotatable bonds is 4. The van der Waals surface area contributed by atoms with Crippen molar-refractivity contribution in [3.63, 3.8) is 0 Å². The molecule has 1 aromatic heterocycles. The Morgan fingerprint density at radius 1 is 0.917 bits per heavy atom. The molecule has 0 aliphatic rings. The highest BCUT2D eigenvalue weighted by Crippen LogP contribution is 2.17. The van der Waals surface area contributed by atoms with E-state index in [1.165, 1.54) is 6.92 Å². The molecule has 0 bridgehead atoms. The molecule has 0 radical (unpaired) electrons. The van der Waals surface area contributed by atoms with E-state index in [0.29, 0.717) is 11.5 Å². The number of carbonyl (C=O) groups excluding carboxylic acids is 2. The van der Waals surface area contributed by atoms with Crippen LogP contribution in [0.4, 0.5) is 17.2 Å². The number of anilines is 3. The van der Waals surface area contributed by atoms with E-state index in [0.717, 1.165) is 5.69 Å². The summed E-state index contributed by atoms with van der Waals surface area (Å²) in [4.78, 5) is 23.0. The normalized spacial score (nSPS) is 10.8. The SMILES string of the molecule is CC(=O)Nc1ccc(Nc2ccc(C(=O)NC(C)(C)C)nn2)cc1. The molecule has 126 valence electrons. The molecular formula is C17H21N5O2. The van der Waals surface area contributed by atoms with Crippen LogP contribution in [0.5, 0.6) is 0 Å². The van der Waals surface area contributed by atoms with Gasteiger partial charge in [0, 0.05) is 23.8 Å². The van der Waals surface area contributed by atoms with E-state index in [-0.39, 0.29) is 23.0 Å². The second-order valence-corrected chi connectivity index (χ2v) is 6.39. The lowest BCUT2D eigenvalue weighted by molar-refractivity contribution is -0.114. The third-order valence-electron chi connectivity index (χ3n) is 2.86. The van der Waals surface area contributed by atoms with Gasteiger partial charge in [0.15, 0.2) is 11.5 Å². The average molecular weight is 327 g/mol. The maximum Gasteiger partial charge on any atom is 0.272 e. The summed E-state index contributed by atoms with van der Waals surface area (Å²) in [5.74, 6) is 0.140. The Bertz CT molecular complexity index is 718. The van der Waals surface area contributed by atoms with E-state index >= 15 is 0 Å².